The molecule has 0 aromatic heterocycles. The van der Waals surface area contributed by atoms with Crippen molar-refractivity contribution in [3.8, 4) is 0 Å². The van der Waals surface area contributed by atoms with E-state index >= 15 is 0 Å². The molecule has 1 aromatic carbocycles. The minimum atomic E-state index is -0.392. The second kappa shape index (κ2) is 6.29. The summed E-state index contributed by atoms with van der Waals surface area (Å²) in [7, 11) is 0. The molecule has 1 fully saturated rings. The summed E-state index contributed by atoms with van der Waals surface area (Å²) in [5, 5.41) is 2.85. The van der Waals surface area contributed by atoms with Gasteiger partial charge in [0.1, 0.15) is 12.1 Å². The molecular weight excluding hydrogens is 264 g/mol. The monoisotopic (exact) mass is 288 g/mol. The van der Waals surface area contributed by atoms with Crippen LogP contribution in [0.5, 0.6) is 0 Å². The molecule has 0 saturated carbocycles. The normalized spacial score (nSPS) is 22.6. The quantitative estimate of drug-likeness (QED) is 0.924. The van der Waals surface area contributed by atoms with Gasteiger partial charge in [0.25, 0.3) is 0 Å². The third kappa shape index (κ3) is 3.09. The fraction of sp³-hybridized carbons (Fsp3) is 0.529. The fourth-order valence-electron chi connectivity index (χ4n) is 2.88. The summed E-state index contributed by atoms with van der Waals surface area (Å²) in [4.78, 5) is 26.7. The molecule has 1 aliphatic rings. The standard InChI is InChI=1S/C17H24N2O2/c1-5-14-17(21)19(15(11(2)3)16(20)18-14)10-13-9-7-6-8-12(13)4/h6-9,11,14-15H,5,10H2,1-4H3,(H,18,20). The van der Waals surface area contributed by atoms with Crippen molar-refractivity contribution >= 4 is 11.8 Å². The Bertz CT molecular complexity index is 539. The highest BCUT2D eigenvalue weighted by molar-refractivity contribution is 5.97. The van der Waals surface area contributed by atoms with Crippen LogP contribution in [-0.2, 0) is 16.1 Å². The van der Waals surface area contributed by atoms with Crippen LogP contribution < -0.4 is 5.32 Å². The van der Waals surface area contributed by atoms with Crippen molar-refractivity contribution in [2.24, 2.45) is 5.92 Å². The van der Waals surface area contributed by atoms with Crippen molar-refractivity contribution in [2.75, 3.05) is 0 Å². The molecule has 1 aromatic rings. The van der Waals surface area contributed by atoms with Crippen LogP contribution in [0.25, 0.3) is 0 Å². The molecular formula is C17H24N2O2. The van der Waals surface area contributed by atoms with Gasteiger partial charge in [-0.15, -0.1) is 0 Å². The third-order valence-corrected chi connectivity index (χ3v) is 4.14. The van der Waals surface area contributed by atoms with E-state index in [1.165, 1.54) is 0 Å². The molecule has 2 unspecified atom stereocenters. The van der Waals surface area contributed by atoms with E-state index in [1.807, 2.05) is 52.0 Å². The lowest BCUT2D eigenvalue weighted by Gasteiger charge is -2.41. The molecule has 21 heavy (non-hydrogen) atoms. The molecule has 0 bridgehead atoms. The molecule has 2 atom stereocenters. The van der Waals surface area contributed by atoms with E-state index in [2.05, 4.69) is 5.32 Å². The number of aryl methyl sites for hydroxylation is 1. The van der Waals surface area contributed by atoms with Crippen molar-refractivity contribution in [2.45, 2.75) is 52.7 Å². The minimum Gasteiger partial charge on any atom is -0.343 e. The predicted octanol–water partition coefficient (Wildman–Crippen LogP) is 2.26. The van der Waals surface area contributed by atoms with Crippen LogP contribution in [0, 0.1) is 12.8 Å². The highest BCUT2D eigenvalue weighted by atomic mass is 16.2. The summed E-state index contributed by atoms with van der Waals surface area (Å²) in [5.41, 5.74) is 2.24. The number of hydrogen-bond donors (Lipinski definition) is 1. The number of hydrogen-bond acceptors (Lipinski definition) is 2. The number of piperazine rings is 1. The Hall–Kier alpha value is -1.84. The number of carbonyl (C=O) groups excluding carboxylic acids is 2. The third-order valence-electron chi connectivity index (χ3n) is 4.14. The summed E-state index contributed by atoms with van der Waals surface area (Å²) in [6.45, 7) is 8.41. The number of nitrogens with zero attached hydrogens (tertiary/aromatic N) is 1. The van der Waals surface area contributed by atoms with Gasteiger partial charge in [0.05, 0.1) is 0 Å². The SMILES string of the molecule is CCC1NC(=O)C(C(C)C)N(Cc2ccccc2C)C1=O. The van der Waals surface area contributed by atoms with Gasteiger partial charge in [-0.1, -0.05) is 45.0 Å². The summed E-state index contributed by atoms with van der Waals surface area (Å²) in [6.07, 6.45) is 0.625. The van der Waals surface area contributed by atoms with E-state index in [4.69, 9.17) is 0 Å². The van der Waals surface area contributed by atoms with Crippen molar-refractivity contribution in [1.82, 2.24) is 10.2 Å². The Morgan fingerprint density at radius 3 is 2.48 bits per heavy atom. The second-order valence-electron chi connectivity index (χ2n) is 6.05. The van der Waals surface area contributed by atoms with Crippen molar-refractivity contribution in [3.63, 3.8) is 0 Å². The number of carbonyl (C=O) groups is 2. The van der Waals surface area contributed by atoms with Crippen LogP contribution >= 0.6 is 0 Å². The molecule has 0 radical (unpaired) electrons. The van der Waals surface area contributed by atoms with Gasteiger partial charge in [-0.3, -0.25) is 9.59 Å². The van der Waals surface area contributed by atoms with Crippen molar-refractivity contribution < 1.29 is 9.59 Å². The van der Waals surface area contributed by atoms with Crippen LogP contribution in [-0.4, -0.2) is 28.8 Å². The fourth-order valence-corrected chi connectivity index (χ4v) is 2.88. The first-order valence-corrected chi connectivity index (χ1v) is 7.61. The zero-order valence-corrected chi connectivity index (χ0v) is 13.2. The number of rotatable bonds is 4. The van der Waals surface area contributed by atoms with E-state index in [-0.39, 0.29) is 23.8 Å². The van der Waals surface area contributed by atoms with Crippen LogP contribution in [0.1, 0.15) is 38.3 Å². The smallest absolute Gasteiger partial charge is 0.246 e. The lowest BCUT2D eigenvalue weighted by molar-refractivity contribution is -0.152. The summed E-state index contributed by atoms with van der Waals surface area (Å²) in [6, 6.07) is 7.23. The number of benzene rings is 1. The van der Waals surface area contributed by atoms with Crippen LogP contribution in [0.3, 0.4) is 0 Å². The Morgan fingerprint density at radius 1 is 1.24 bits per heavy atom. The number of nitrogens with one attached hydrogen (secondary N) is 1. The van der Waals surface area contributed by atoms with Gasteiger partial charge < -0.3 is 10.2 Å². The molecule has 2 rings (SSSR count). The Balaban J connectivity index is 2.32. The molecule has 4 heteroatoms. The van der Waals surface area contributed by atoms with Gasteiger partial charge in [0.2, 0.25) is 11.8 Å². The molecule has 114 valence electrons. The zero-order valence-electron chi connectivity index (χ0n) is 13.2. The van der Waals surface area contributed by atoms with Crippen LogP contribution in [0.4, 0.5) is 0 Å². The van der Waals surface area contributed by atoms with E-state index in [1.54, 1.807) is 4.90 Å². The molecule has 1 heterocycles. The predicted molar refractivity (Wildman–Crippen MR) is 82.6 cm³/mol. The Kier molecular flexibility index (Phi) is 4.66. The lowest BCUT2D eigenvalue weighted by atomic mass is 9.95. The van der Waals surface area contributed by atoms with E-state index < -0.39 is 6.04 Å². The highest BCUT2D eigenvalue weighted by Crippen LogP contribution is 2.22. The van der Waals surface area contributed by atoms with E-state index in [0.29, 0.717) is 13.0 Å². The van der Waals surface area contributed by atoms with Crippen LogP contribution in [0.2, 0.25) is 0 Å². The highest BCUT2D eigenvalue weighted by Gasteiger charge is 2.41. The first-order valence-electron chi connectivity index (χ1n) is 7.61. The summed E-state index contributed by atoms with van der Waals surface area (Å²) < 4.78 is 0. The minimum absolute atomic E-state index is 0.0269. The molecule has 1 saturated heterocycles. The van der Waals surface area contributed by atoms with Crippen LogP contribution in [0.15, 0.2) is 24.3 Å². The van der Waals surface area contributed by atoms with Crippen molar-refractivity contribution in [1.29, 1.82) is 0 Å². The second-order valence-corrected chi connectivity index (χ2v) is 6.05. The maximum absolute atomic E-state index is 12.6. The first-order chi connectivity index (χ1) is 9.95. The van der Waals surface area contributed by atoms with Gasteiger partial charge in [-0.25, -0.2) is 0 Å². The Morgan fingerprint density at radius 2 is 1.90 bits per heavy atom. The van der Waals surface area contributed by atoms with Gasteiger partial charge in [0.15, 0.2) is 0 Å². The first kappa shape index (κ1) is 15.5. The van der Waals surface area contributed by atoms with E-state index in [9.17, 15) is 9.59 Å². The molecule has 1 aliphatic heterocycles. The lowest BCUT2D eigenvalue weighted by Crippen LogP contribution is -2.64. The molecule has 2 amide bonds. The van der Waals surface area contributed by atoms with Crippen molar-refractivity contribution in [3.05, 3.63) is 35.4 Å². The van der Waals surface area contributed by atoms with Gasteiger partial charge >= 0.3 is 0 Å². The molecule has 4 nitrogen and oxygen atoms in total. The zero-order chi connectivity index (χ0) is 15.6. The maximum Gasteiger partial charge on any atom is 0.246 e. The van der Waals surface area contributed by atoms with Gasteiger partial charge in [-0.2, -0.15) is 0 Å². The van der Waals surface area contributed by atoms with E-state index in [0.717, 1.165) is 11.1 Å². The average molecular weight is 288 g/mol. The van der Waals surface area contributed by atoms with Gasteiger partial charge in [-0.05, 0) is 30.4 Å². The number of amides is 2. The maximum atomic E-state index is 12.6. The summed E-state index contributed by atoms with van der Waals surface area (Å²) >= 11 is 0. The molecule has 0 spiro atoms. The summed E-state index contributed by atoms with van der Waals surface area (Å²) in [5.74, 6) is 0.0832. The largest absolute Gasteiger partial charge is 0.343 e. The molecule has 0 aliphatic carbocycles. The molecule has 1 N–H and O–H groups in total. The topological polar surface area (TPSA) is 49.4 Å². The Labute approximate surface area is 126 Å². The van der Waals surface area contributed by atoms with Gasteiger partial charge in [0, 0.05) is 6.54 Å². The average Bonchev–Trinajstić information content (AvgIpc) is 2.44.